The highest BCUT2D eigenvalue weighted by molar-refractivity contribution is 5.79. The quantitative estimate of drug-likeness (QED) is 0.455. The van der Waals surface area contributed by atoms with E-state index in [1.165, 1.54) is 19.3 Å². The molecule has 0 saturated heterocycles. The summed E-state index contributed by atoms with van der Waals surface area (Å²) in [5.41, 5.74) is 3.12. The predicted octanol–water partition coefficient (Wildman–Crippen LogP) is 6.02. The number of ether oxygens (including phenoxy) is 2. The molecule has 4 nitrogen and oxygen atoms in total. The summed E-state index contributed by atoms with van der Waals surface area (Å²) in [4.78, 5) is 2.12. The number of benzene rings is 3. The number of rotatable bonds is 8. The first-order valence-electron chi connectivity index (χ1n) is 11.1. The molecule has 0 bridgehead atoms. The summed E-state index contributed by atoms with van der Waals surface area (Å²) in [7, 11) is 3.67. The Kier molecular flexibility index (Phi) is 6.19. The Labute approximate surface area is 185 Å². The van der Waals surface area contributed by atoms with Crippen molar-refractivity contribution in [3.05, 3.63) is 83.4 Å². The first-order chi connectivity index (χ1) is 15.1. The van der Waals surface area contributed by atoms with Gasteiger partial charge in [0.25, 0.3) is 0 Å². The van der Waals surface area contributed by atoms with Crippen LogP contribution >= 0.6 is 0 Å². The van der Waals surface area contributed by atoms with E-state index in [0.29, 0.717) is 0 Å². The summed E-state index contributed by atoms with van der Waals surface area (Å²) >= 11 is 0. The third-order valence-electron chi connectivity index (χ3n) is 6.15. The number of methoxy groups -OCH3 is 1. The molecule has 31 heavy (non-hydrogen) atoms. The third-order valence-corrected chi connectivity index (χ3v) is 6.15. The smallest absolute Gasteiger partial charge is 0.144 e. The number of nitrogens with zero attached hydrogens (tertiary/aromatic N) is 1. The number of anilines is 2. The van der Waals surface area contributed by atoms with Crippen molar-refractivity contribution in [3.63, 3.8) is 0 Å². The first-order valence-corrected chi connectivity index (χ1v) is 11.1. The van der Waals surface area contributed by atoms with Crippen molar-refractivity contribution in [2.45, 2.75) is 38.2 Å². The van der Waals surface area contributed by atoms with E-state index in [2.05, 4.69) is 11.8 Å². The molecule has 1 aliphatic heterocycles. The van der Waals surface area contributed by atoms with E-state index >= 15 is 0 Å². The number of aliphatic hydroxyl groups is 1. The van der Waals surface area contributed by atoms with Crippen LogP contribution in [0.3, 0.4) is 0 Å². The van der Waals surface area contributed by atoms with E-state index in [9.17, 15) is 5.11 Å². The van der Waals surface area contributed by atoms with Crippen LogP contribution in [0, 0.1) is 0 Å². The monoisotopic (exact) mass is 417 g/mol. The molecule has 0 radical (unpaired) electrons. The first kappa shape index (κ1) is 21.3. The van der Waals surface area contributed by atoms with Crippen LogP contribution < -0.4 is 14.4 Å². The van der Waals surface area contributed by atoms with Gasteiger partial charge in [0.2, 0.25) is 0 Å². The normalized spacial score (nSPS) is 17.1. The molecule has 4 heteroatoms. The molecule has 3 aromatic carbocycles. The maximum atomic E-state index is 12.2. The molecule has 0 spiro atoms. The standard InChI is InChI=1S/C27H31NO3/c1-4-5-6-9-18-31-21-14-12-20(13-15-21)27(29)23-10-7-8-11-25(23)28(2)26-17-16-22(30-3)19-24(26)27/h7-8,10-17,19,29H,4-6,9,18H2,1-3H3. The Morgan fingerprint density at radius 3 is 2.29 bits per heavy atom. The fraction of sp³-hybridized carbons (Fsp3) is 0.333. The van der Waals surface area contributed by atoms with Crippen molar-refractivity contribution in [2.24, 2.45) is 0 Å². The SMILES string of the molecule is CCCCCCOc1ccc(C2(O)c3ccccc3N(C)c3ccc(OC)cc32)cc1. The van der Waals surface area contributed by atoms with Gasteiger partial charge >= 0.3 is 0 Å². The molecule has 4 rings (SSSR count). The molecule has 1 aliphatic rings. The summed E-state index contributed by atoms with van der Waals surface area (Å²) in [6.45, 7) is 2.93. The average molecular weight is 418 g/mol. The molecule has 0 fully saturated rings. The topological polar surface area (TPSA) is 41.9 Å². The van der Waals surface area contributed by atoms with Gasteiger partial charge in [-0.05, 0) is 48.4 Å². The van der Waals surface area contributed by atoms with E-state index < -0.39 is 5.60 Å². The molecular weight excluding hydrogens is 386 g/mol. The lowest BCUT2D eigenvalue weighted by Crippen LogP contribution is -2.36. The lowest BCUT2D eigenvalue weighted by molar-refractivity contribution is 0.124. The second-order valence-electron chi connectivity index (χ2n) is 8.10. The van der Waals surface area contributed by atoms with Gasteiger partial charge in [-0.2, -0.15) is 0 Å². The zero-order valence-electron chi connectivity index (χ0n) is 18.6. The Morgan fingerprint density at radius 2 is 1.55 bits per heavy atom. The van der Waals surface area contributed by atoms with Crippen molar-refractivity contribution in [1.82, 2.24) is 0 Å². The fourth-order valence-electron chi connectivity index (χ4n) is 4.39. The highest BCUT2D eigenvalue weighted by Gasteiger charge is 2.42. The fourth-order valence-corrected chi connectivity index (χ4v) is 4.39. The van der Waals surface area contributed by atoms with Crippen molar-refractivity contribution < 1.29 is 14.6 Å². The van der Waals surface area contributed by atoms with Crippen LogP contribution in [-0.2, 0) is 5.60 Å². The van der Waals surface area contributed by atoms with E-state index in [4.69, 9.17) is 9.47 Å². The van der Waals surface area contributed by atoms with Gasteiger partial charge in [-0.1, -0.05) is 56.5 Å². The number of unbranched alkanes of at least 4 members (excludes halogenated alkanes) is 3. The number of hydrogen-bond acceptors (Lipinski definition) is 4. The van der Waals surface area contributed by atoms with Gasteiger partial charge in [0.1, 0.15) is 17.1 Å². The number of fused-ring (bicyclic) bond motifs is 2. The maximum Gasteiger partial charge on any atom is 0.144 e. The van der Waals surface area contributed by atoms with Gasteiger partial charge in [0.05, 0.1) is 13.7 Å². The molecular formula is C27H31NO3. The molecule has 0 aliphatic carbocycles. The zero-order valence-corrected chi connectivity index (χ0v) is 18.6. The molecule has 0 saturated carbocycles. The lowest BCUT2D eigenvalue weighted by Gasteiger charge is -2.41. The Hall–Kier alpha value is -2.98. The molecule has 1 unspecified atom stereocenters. The number of para-hydroxylation sites is 1. The molecule has 3 aromatic rings. The minimum Gasteiger partial charge on any atom is -0.497 e. The molecule has 0 aromatic heterocycles. The van der Waals surface area contributed by atoms with Gasteiger partial charge in [-0.25, -0.2) is 0 Å². The maximum absolute atomic E-state index is 12.2. The summed E-state index contributed by atoms with van der Waals surface area (Å²) in [5.74, 6) is 1.55. The van der Waals surface area contributed by atoms with Crippen LogP contribution in [0.15, 0.2) is 66.7 Å². The van der Waals surface area contributed by atoms with Crippen LogP contribution in [0.2, 0.25) is 0 Å². The Bertz CT molecular complexity index is 1030. The van der Waals surface area contributed by atoms with Gasteiger partial charge in [0, 0.05) is 29.5 Å². The molecule has 1 N–H and O–H groups in total. The van der Waals surface area contributed by atoms with Crippen molar-refractivity contribution in [1.29, 1.82) is 0 Å². The number of hydrogen-bond donors (Lipinski definition) is 1. The van der Waals surface area contributed by atoms with Crippen LogP contribution in [0.1, 0.15) is 49.3 Å². The van der Waals surface area contributed by atoms with Gasteiger partial charge in [-0.3, -0.25) is 0 Å². The second-order valence-corrected chi connectivity index (χ2v) is 8.10. The highest BCUT2D eigenvalue weighted by atomic mass is 16.5. The third kappa shape index (κ3) is 3.88. The summed E-state index contributed by atoms with van der Waals surface area (Å²) in [6, 6.07) is 21.7. The molecule has 162 valence electrons. The van der Waals surface area contributed by atoms with Gasteiger partial charge in [0.15, 0.2) is 0 Å². The van der Waals surface area contributed by atoms with Gasteiger partial charge in [-0.15, -0.1) is 0 Å². The van der Waals surface area contributed by atoms with Crippen LogP contribution in [-0.4, -0.2) is 25.9 Å². The van der Waals surface area contributed by atoms with Crippen LogP contribution in [0.25, 0.3) is 0 Å². The summed E-state index contributed by atoms with van der Waals surface area (Å²) in [5, 5.41) is 12.2. The summed E-state index contributed by atoms with van der Waals surface area (Å²) < 4.78 is 11.4. The van der Waals surface area contributed by atoms with Crippen molar-refractivity contribution in [2.75, 3.05) is 25.7 Å². The Balaban J connectivity index is 1.71. The van der Waals surface area contributed by atoms with E-state index in [1.54, 1.807) is 7.11 Å². The van der Waals surface area contributed by atoms with Crippen molar-refractivity contribution in [3.8, 4) is 11.5 Å². The molecule has 1 atom stereocenters. The average Bonchev–Trinajstić information content (AvgIpc) is 2.82. The van der Waals surface area contributed by atoms with E-state index in [1.807, 2.05) is 73.8 Å². The van der Waals surface area contributed by atoms with Crippen LogP contribution in [0.5, 0.6) is 11.5 Å². The predicted molar refractivity (Wildman–Crippen MR) is 126 cm³/mol. The Morgan fingerprint density at radius 1 is 0.839 bits per heavy atom. The molecule has 1 heterocycles. The second kappa shape index (κ2) is 9.03. The van der Waals surface area contributed by atoms with Crippen molar-refractivity contribution >= 4 is 11.4 Å². The molecule has 0 amide bonds. The minimum absolute atomic E-state index is 0.719. The largest absolute Gasteiger partial charge is 0.497 e. The van der Waals surface area contributed by atoms with Crippen LogP contribution in [0.4, 0.5) is 11.4 Å². The zero-order chi connectivity index (χ0) is 21.8. The van der Waals surface area contributed by atoms with Gasteiger partial charge < -0.3 is 19.5 Å². The van der Waals surface area contributed by atoms with E-state index in [0.717, 1.165) is 52.6 Å². The minimum atomic E-state index is -1.29. The van der Waals surface area contributed by atoms with E-state index in [-0.39, 0.29) is 0 Å². The summed E-state index contributed by atoms with van der Waals surface area (Å²) in [6.07, 6.45) is 4.71. The lowest BCUT2D eigenvalue weighted by atomic mass is 9.76. The highest BCUT2D eigenvalue weighted by Crippen LogP contribution is 2.51.